The van der Waals surface area contributed by atoms with Crippen molar-refractivity contribution < 1.29 is 9.59 Å². The SMILES string of the molecule is Cc1ccc(NC(=O)C2CCCN2C(=O)NCc2ccccc2)c(C)c1. The molecule has 26 heavy (non-hydrogen) atoms. The summed E-state index contributed by atoms with van der Waals surface area (Å²) in [5.41, 5.74) is 4.02. The lowest BCUT2D eigenvalue weighted by Gasteiger charge is -2.24. The average molecular weight is 351 g/mol. The van der Waals surface area contributed by atoms with Crippen LogP contribution in [0.5, 0.6) is 0 Å². The second-order valence-electron chi connectivity index (χ2n) is 6.80. The summed E-state index contributed by atoms with van der Waals surface area (Å²) in [7, 11) is 0. The maximum atomic E-state index is 12.7. The molecule has 5 nitrogen and oxygen atoms in total. The van der Waals surface area contributed by atoms with Crippen LogP contribution in [-0.2, 0) is 11.3 Å². The van der Waals surface area contributed by atoms with Crippen LogP contribution in [0.1, 0.15) is 29.5 Å². The number of nitrogens with one attached hydrogen (secondary N) is 2. The maximum absolute atomic E-state index is 12.7. The van der Waals surface area contributed by atoms with Gasteiger partial charge in [-0.1, -0.05) is 48.0 Å². The van der Waals surface area contributed by atoms with Crippen molar-refractivity contribution in [3.8, 4) is 0 Å². The molecule has 1 saturated heterocycles. The number of nitrogens with zero attached hydrogens (tertiary/aromatic N) is 1. The van der Waals surface area contributed by atoms with Crippen LogP contribution in [0.15, 0.2) is 48.5 Å². The predicted molar refractivity (Wildman–Crippen MR) is 103 cm³/mol. The van der Waals surface area contributed by atoms with Crippen molar-refractivity contribution in [3.63, 3.8) is 0 Å². The Bertz CT molecular complexity index is 789. The molecule has 1 fully saturated rings. The molecular formula is C21H25N3O2. The number of aryl methyl sites for hydroxylation is 2. The van der Waals surface area contributed by atoms with Gasteiger partial charge in [0.25, 0.3) is 0 Å². The third-order valence-corrected chi connectivity index (χ3v) is 4.74. The Labute approximate surface area is 154 Å². The summed E-state index contributed by atoms with van der Waals surface area (Å²) in [5.74, 6) is -0.121. The Kier molecular flexibility index (Phi) is 5.56. The highest BCUT2D eigenvalue weighted by molar-refractivity contribution is 5.97. The summed E-state index contributed by atoms with van der Waals surface area (Å²) in [6.45, 7) is 5.06. The second kappa shape index (κ2) is 8.04. The highest BCUT2D eigenvalue weighted by Crippen LogP contribution is 2.21. The van der Waals surface area contributed by atoms with E-state index in [0.717, 1.165) is 28.8 Å². The van der Waals surface area contributed by atoms with Crippen molar-refractivity contribution in [1.82, 2.24) is 10.2 Å². The zero-order chi connectivity index (χ0) is 18.5. The third-order valence-electron chi connectivity index (χ3n) is 4.74. The monoisotopic (exact) mass is 351 g/mol. The van der Waals surface area contributed by atoms with Crippen LogP contribution in [0.25, 0.3) is 0 Å². The summed E-state index contributed by atoms with van der Waals surface area (Å²) in [6, 6.07) is 15.1. The first-order valence-corrected chi connectivity index (χ1v) is 9.01. The number of benzene rings is 2. The van der Waals surface area contributed by atoms with Gasteiger partial charge in [0.1, 0.15) is 6.04 Å². The van der Waals surface area contributed by atoms with Gasteiger partial charge >= 0.3 is 6.03 Å². The normalized spacial score (nSPS) is 16.4. The van der Waals surface area contributed by atoms with Crippen LogP contribution in [0.3, 0.4) is 0 Å². The Hall–Kier alpha value is -2.82. The van der Waals surface area contributed by atoms with Crippen molar-refractivity contribution in [1.29, 1.82) is 0 Å². The number of carbonyl (C=O) groups is 2. The van der Waals surface area contributed by atoms with Crippen molar-refractivity contribution in [2.45, 2.75) is 39.3 Å². The third kappa shape index (κ3) is 4.23. The highest BCUT2D eigenvalue weighted by atomic mass is 16.2. The molecule has 2 aromatic rings. The van der Waals surface area contributed by atoms with Crippen molar-refractivity contribution in [2.75, 3.05) is 11.9 Å². The van der Waals surface area contributed by atoms with Crippen LogP contribution in [-0.4, -0.2) is 29.4 Å². The Balaban J connectivity index is 1.61. The molecule has 0 bridgehead atoms. The molecule has 3 rings (SSSR count). The number of amides is 3. The summed E-state index contributed by atoms with van der Waals surface area (Å²) in [4.78, 5) is 26.9. The van der Waals surface area contributed by atoms with Gasteiger partial charge in [-0.25, -0.2) is 4.79 Å². The van der Waals surface area contributed by atoms with Gasteiger partial charge < -0.3 is 15.5 Å². The van der Waals surface area contributed by atoms with E-state index >= 15 is 0 Å². The molecule has 0 aromatic heterocycles. The number of carbonyl (C=O) groups excluding carboxylic acids is 2. The number of rotatable bonds is 4. The summed E-state index contributed by atoms with van der Waals surface area (Å²) in [5, 5.41) is 5.89. The van der Waals surface area contributed by atoms with Gasteiger partial charge in [0, 0.05) is 18.8 Å². The molecule has 0 saturated carbocycles. The quantitative estimate of drug-likeness (QED) is 0.884. The van der Waals surface area contributed by atoms with Gasteiger partial charge in [0.2, 0.25) is 5.91 Å². The van der Waals surface area contributed by atoms with E-state index in [2.05, 4.69) is 10.6 Å². The van der Waals surface area contributed by atoms with E-state index in [1.54, 1.807) is 4.90 Å². The van der Waals surface area contributed by atoms with Crippen LogP contribution >= 0.6 is 0 Å². The van der Waals surface area contributed by atoms with Crippen LogP contribution < -0.4 is 10.6 Å². The molecule has 0 radical (unpaired) electrons. The largest absolute Gasteiger partial charge is 0.334 e. The summed E-state index contributed by atoms with van der Waals surface area (Å²) in [6.07, 6.45) is 1.53. The van der Waals surface area contributed by atoms with E-state index in [1.807, 2.05) is 62.4 Å². The highest BCUT2D eigenvalue weighted by Gasteiger charge is 2.34. The van der Waals surface area contributed by atoms with E-state index in [1.165, 1.54) is 0 Å². The zero-order valence-electron chi connectivity index (χ0n) is 15.3. The van der Waals surface area contributed by atoms with Crippen LogP contribution in [0.4, 0.5) is 10.5 Å². The summed E-state index contributed by atoms with van der Waals surface area (Å²) >= 11 is 0. The molecule has 2 N–H and O–H groups in total. The molecule has 1 aliphatic rings. The van der Waals surface area contributed by atoms with Gasteiger partial charge in [-0.3, -0.25) is 4.79 Å². The summed E-state index contributed by atoms with van der Waals surface area (Å²) < 4.78 is 0. The lowest BCUT2D eigenvalue weighted by Crippen LogP contribution is -2.47. The molecule has 1 atom stereocenters. The Morgan fingerprint density at radius 1 is 1.12 bits per heavy atom. The van der Waals surface area contributed by atoms with Gasteiger partial charge in [-0.15, -0.1) is 0 Å². The predicted octanol–water partition coefficient (Wildman–Crippen LogP) is 3.62. The van der Waals surface area contributed by atoms with Crippen LogP contribution in [0.2, 0.25) is 0 Å². The molecule has 1 aliphatic heterocycles. The Morgan fingerprint density at radius 3 is 2.62 bits per heavy atom. The van der Waals surface area contributed by atoms with E-state index < -0.39 is 6.04 Å². The topological polar surface area (TPSA) is 61.4 Å². The molecule has 5 heteroatoms. The zero-order valence-corrected chi connectivity index (χ0v) is 15.3. The molecule has 136 valence electrons. The van der Waals surface area contributed by atoms with E-state index in [0.29, 0.717) is 19.5 Å². The fraction of sp³-hybridized carbons (Fsp3) is 0.333. The molecule has 3 amide bonds. The van der Waals surface area contributed by atoms with E-state index in [-0.39, 0.29) is 11.9 Å². The fourth-order valence-electron chi connectivity index (χ4n) is 3.33. The molecule has 0 spiro atoms. The molecule has 1 unspecified atom stereocenters. The first-order valence-electron chi connectivity index (χ1n) is 9.01. The minimum absolute atomic E-state index is 0.121. The smallest absolute Gasteiger partial charge is 0.318 e. The molecular weight excluding hydrogens is 326 g/mol. The maximum Gasteiger partial charge on any atom is 0.318 e. The number of hydrogen-bond donors (Lipinski definition) is 2. The van der Waals surface area contributed by atoms with Gasteiger partial charge in [0.05, 0.1) is 0 Å². The van der Waals surface area contributed by atoms with Crippen molar-refractivity contribution in [3.05, 3.63) is 65.2 Å². The lowest BCUT2D eigenvalue weighted by atomic mass is 10.1. The number of hydrogen-bond acceptors (Lipinski definition) is 2. The number of anilines is 1. The van der Waals surface area contributed by atoms with E-state index in [9.17, 15) is 9.59 Å². The minimum atomic E-state index is -0.425. The molecule has 2 aromatic carbocycles. The van der Waals surface area contributed by atoms with Gasteiger partial charge in [0.15, 0.2) is 0 Å². The second-order valence-corrected chi connectivity index (χ2v) is 6.80. The van der Waals surface area contributed by atoms with Crippen LogP contribution in [0, 0.1) is 13.8 Å². The molecule has 0 aliphatic carbocycles. The lowest BCUT2D eigenvalue weighted by molar-refractivity contribution is -0.119. The number of likely N-dealkylation sites (tertiary alicyclic amines) is 1. The standard InChI is InChI=1S/C21H25N3O2/c1-15-10-11-18(16(2)13-15)23-20(25)19-9-6-12-24(19)21(26)22-14-17-7-4-3-5-8-17/h3-5,7-8,10-11,13,19H,6,9,12,14H2,1-2H3,(H,22,26)(H,23,25). The van der Waals surface area contributed by atoms with Gasteiger partial charge in [-0.05, 0) is 43.9 Å². The minimum Gasteiger partial charge on any atom is -0.334 e. The average Bonchev–Trinajstić information content (AvgIpc) is 3.13. The number of urea groups is 1. The van der Waals surface area contributed by atoms with Crippen molar-refractivity contribution >= 4 is 17.6 Å². The molecule has 1 heterocycles. The van der Waals surface area contributed by atoms with Gasteiger partial charge in [-0.2, -0.15) is 0 Å². The van der Waals surface area contributed by atoms with Crippen molar-refractivity contribution in [2.24, 2.45) is 0 Å². The van der Waals surface area contributed by atoms with E-state index in [4.69, 9.17) is 0 Å². The Morgan fingerprint density at radius 2 is 1.88 bits per heavy atom. The fourth-order valence-corrected chi connectivity index (χ4v) is 3.33. The first-order chi connectivity index (χ1) is 12.5. The first kappa shape index (κ1) is 18.0.